The predicted octanol–water partition coefficient (Wildman–Crippen LogP) is 2.03. The van der Waals surface area contributed by atoms with Crippen LogP contribution in [-0.2, 0) is 0 Å². The molecule has 1 aromatic carbocycles. The first kappa shape index (κ1) is 14.0. The van der Waals surface area contributed by atoms with E-state index in [-0.39, 0.29) is 6.04 Å². The molecule has 96 valence electrons. The first-order valence-electron chi connectivity index (χ1n) is 5.34. The molecule has 1 unspecified atom stereocenters. The van der Waals surface area contributed by atoms with Crippen LogP contribution >= 0.6 is 12.6 Å². The van der Waals surface area contributed by atoms with Gasteiger partial charge in [-0.3, -0.25) is 0 Å². The van der Waals surface area contributed by atoms with Gasteiger partial charge in [0.05, 0.1) is 21.3 Å². The number of hydrogen-bond acceptors (Lipinski definition) is 5. The van der Waals surface area contributed by atoms with Gasteiger partial charge in [0, 0.05) is 6.04 Å². The second-order valence-corrected chi connectivity index (χ2v) is 4.02. The molecule has 0 aliphatic rings. The number of benzene rings is 1. The summed E-state index contributed by atoms with van der Waals surface area (Å²) in [6.07, 6.45) is 0.793. The number of nitrogens with two attached hydrogens (primary N) is 1. The van der Waals surface area contributed by atoms with Crippen molar-refractivity contribution in [2.75, 3.05) is 27.1 Å². The Balaban J connectivity index is 3.17. The molecule has 17 heavy (non-hydrogen) atoms. The summed E-state index contributed by atoms with van der Waals surface area (Å²) in [5, 5.41) is 0. The van der Waals surface area contributed by atoms with Crippen molar-refractivity contribution in [3.63, 3.8) is 0 Å². The van der Waals surface area contributed by atoms with Crippen molar-refractivity contribution < 1.29 is 14.2 Å². The average molecular weight is 257 g/mol. The van der Waals surface area contributed by atoms with E-state index in [2.05, 4.69) is 12.6 Å². The second-order valence-electron chi connectivity index (χ2n) is 3.58. The van der Waals surface area contributed by atoms with Crippen LogP contribution in [0.3, 0.4) is 0 Å². The van der Waals surface area contributed by atoms with Gasteiger partial charge in [-0.25, -0.2) is 0 Å². The van der Waals surface area contributed by atoms with E-state index < -0.39 is 0 Å². The third-order valence-corrected chi connectivity index (χ3v) is 2.81. The molecule has 0 aliphatic heterocycles. The Bertz CT molecular complexity index is 346. The Kier molecular flexibility index (Phi) is 5.44. The zero-order valence-corrected chi connectivity index (χ0v) is 11.3. The number of methoxy groups -OCH3 is 3. The fraction of sp³-hybridized carbons (Fsp3) is 0.500. The van der Waals surface area contributed by atoms with Crippen LogP contribution in [0.25, 0.3) is 0 Å². The van der Waals surface area contributed by atoms with Gasteiger partial charge in [0.1, 0.15) is 0 Å². The van der Waals surface area contributed by atoms with Gasteiger partial charge < -0.3 is 19.9 Å². The lowest BCUT2D eigenvalue weighted by Crippen LogP contribution is -2.11. The minimum atomic E-state index is -0.0822. The Morgan fingerprint density at radius 1 is 1.12 bits per heavy atom. The fourth-order valence-electron chi connectivity index (χ4n) is 1.62. The Morgan fingerprint density at radius 2 is 1.65 bits per heavy atom. The Hall–Kier alpha value is -1.07. The Morgan fingerprint density at radius 3 is 2.00 bits per heavy atom. The molecule has 1 rings (SSSR count). The van der Waals surface area contributed by atoms with E-state index in [9.17, 15) is 0 Å². The van der Waals surface area contributed by atoms with Gasteiger partial charge in [0.2, 0.25) is 5.75 Å². The molecular formula is C12H19NO3S. The molecule has 1 atom stereocenters. The summed E-state index contributed by atoms with van der Waals surface area (Å²) in [6, 6.07) is 3.66. The summed E-state index contributed by atoms with van der Waals surface area (Å²) in [6.45, 7) is 0. The van der Waals surface area contributed by atoms with Crippen LogP contribution in [0.4, 0.5) is 0 Å². The minimum absolute atomic E-state index is 0.0822. The third kappa shape index (κ3) is 3.20. The van der Waals surface area contributed by atoms with Crippen molar-refractivity contribution in [1.82, 2.24) is 0 Å². The molecule has 0 fully saturated rings. The maximum absolute atomic E-state index is 6.04. The van der Waals surface area contributed by atoms with Crippen molar-refractivity contribution in [3.8, 4) is 17.2 Å². The van der Waals surface area contributed by atoms with Crippen molar-refractivity contribution >= 4 is 12.6 Å². The molecule has 1 aromatic rings. The van der Waals surface area contributed by atoms with E-state index in [1.807, 2.05) is 12.1 Å². The SMILES string of the molecule is COc1cc(C(N)CCS)cc(OC)c1OC. The van der Waals surface area contributed by atoms with E-state index in [0.717, 1.165) is 17.7 Å². The highest BCUT2D eigenvalue weighted by Crippen LogP contribution is 2.39. The number of thiol groups is 1. The maximum atomic E-state index is 6.04. The van der Waals surface area contributed by atoms with E-state index in [1.54, 1.807) is 21.3 Å². The minimum Gasteiger partial charge on any atom is -0.493 e. The molecule has 2 N–H and O–H groups in total. The first-order chi connectivity index (χ1) is 8.17. The van der Waals surface area contributed by atoms with Crippen LogP contribution in [0.1, 0.15) is 18.0 Å². The molecule has 4 nitrogen and oxygen atoms in total. The van der Waals surface area contributed by atoms with Gasteiger partial charge in [0.25, 0.3) is 0 Å². The fourth-order valence-corrected chi connectivity index (χ4v) is 1.90. The van der Waals surface area contributed by atoms with Gasteiger partial charge >= 0.3 is 0 Å². The van der Waals surface area contributed by atoms with Crippen molar-refractivity contribution in [2.24, 2.45) is 5.73 Å². The number of ether oxygens (including phenoxy) is 3. The van der Waals surface area contributed by atoms with Crippen LogP contribution < -0.4 is 19.9 Å². The highest BCUT2D eigenvalue weighted by atomic mass is 32.1. The van der Waals surface area contributed by atoms with Crippen LogP contribution in [-0.4, -0.2) is 27.1 Å². The summed E-state index contributed by atoms with van der Waals surface area (Å²) in [4.78, 5) is 0. The van der Waals surface area contributed by atoms with Crippen LogP contribution in [0.15, 0.2) is 12.1 Å². The van der Waals surface area contributed by atoms with E-state index in [0.29, 0.717) is 17.2 Å². The second kappa shape index (κ2) is 6.61. The summed E-state index contributed by atoms with van der Waals surface area (Å²) < 4.78 is 15.8. The average Bonchev–Trinajstić information content (AvgIpc) is 2.37. The lowest BCUT2D eigenvalue weighted by molar-refractivity contribution is 0.323. The summed E-state index contributed by atoms with van der Waals surface area (Å²) in [7, 11) is 4.75. The number of hydrogen-bond donors (Lipinski definition) is 2. The Labute approximate surface area is 107 Å². The van der Waals surface area contributed by atoms with E-state index in [4.69, 9.17) is 19.9 Å². The van der Waals surface area contributed by atoms with Gasteiger partial charge in [0.15, 0.2) is 11.5 Å². The monoisotopic (exact) mass is 257 g/mol. The molecule has 0 bridgehead atoms. The predicted molar refractivity (Wildman–Crippen MR) is 71.5 cm³/mol. The zero-order chi connectivity index (χ0) is 12.8. The van der Waals surface area contributed by atoms with Gasteiger partial charge in [-0.15, -0.1) is 0 Å². The summed E-state index contributed by atoms with van der Waals surface area (Å²) in [5.41, 5.74) is 7.00. The topological polar surface area (TPSA) is 53.7 Å². The largest absolute Gasteiger partial charge is 0.493 e. The highest BCUT2D eigenvalue weighted by Gasteiger charge is 2.16. The molecule has 0 aromatic heterocycles. The van der Waals surface area contributed by atoms with Crippen molar-refractivity contribution in [2.45, 2.75) is 12.5 Å². The van der Waals surface area contributed by atoms with Gasteiger partial charge in [-0.2, -0.15) is 12.6 Å². The standard InChI is InChI=1S/C12H19NO3S/c1-14-10-6-8(9(13)4-5-17)7-11(15-2)12(10)16-3/h6-7,9,17H,4-5,13H2,1-3H3. The normalized spacial score (nSPS) is 12.1. The molecule has 0 heterocycles. The zero-order valence-electron chi connectivity index (χ0n) is 10.4. The third-order valence-electron chi connectivity index (χ3n) is 2.56. The lowest BCUT2D eigenvalue weighted by atomic mass is 10.0. The van der Waals surface area contributed by atoms with Crippen molar-refractivity contribution in [3.05, 3.63) is 17.7 Å². The summed E-state index contributed by atoms with van der Waals surface area (Å²) in [5.74, 6) is 2.56. The van der Waals surface area contributed by atoms with Crippen LogP contribution in [0.2, 0.25) is 0 Å². The maximum Gasteiger partial charge on any atom is 0.203 e. The van der Waals surface area contributed by atoms with Gasteiger partial charge in [-0.1, -0.05) is 0 Å². The van der Waals surface area contributed by atoms with E-state index in [1.165, 1.54) is 0 Å². The van der Waals surface area contributed by atoms with Crippen LogP contribution in [0.5, 0.6) is 17.2 Å². The smallest absolute Gasteiger partial charge is 0.203 e. The molecule has 0 aliphatic carbocycles. The number of rotatable bonds is 6. The quantitative estimate of drug-likeness (QED) is 0.766. The molecule has 0 radical (unpaired) electrons. The first-order valence-corrected chi connectivity index (χ1v) is 5.97. The summed E-state index contributed by atoms with van der Waals surface area (Å²) >= 11 is 4.18. The molecule has 0 spiro atoms. The molecule has 0 saturated carbocycles. The molecule has 0 amide bonds. The molecule has 0 saturated heterocycles. The van der Waals surface area contributed by atoms with Crippen LogP contribution in [0, 0.1) is 0 Å². The molecular weight excluding hydrogens is 238 g/mol. The highest BCUT2D eigenvalue weighted by molar-refractivity contribution is 7.80. The molecule has 5 heteroatoms. The lowest BCUT2D eigenvalue weighted by Gasteiger charge is -2.17. The van der Waals surface area contributed by atoms with E-state index >= 15 is 0 Å². The van der Waals surface area contributed by atoms with Gasteiger partial charge in [-0.05, 0) is 29.9 Å². The van der Waals surface area contributed by atoms with Crippen molar-refractivity contribution in [1.29, 1.82) is 0 Å².